The molecular formula is C21H22N2O4. The Bertz CT molecular complexity index is 859. The number of carbonyl (C=O) groups is 2. The number of ether oxygens (including phenoxy) is 2. The number of hydrogen-bond donors (Lipinski definition) is 1. The predicted molar refractivity (Wildman–Crippen MR) is 103 cm³/mol. The highest BCUT2D eigenvalue weighted by Gasteiger charge is 2.11. The lowest BCUT2D eigenvalue weighted by atomic mass is 10.1. The zero-order chi connectivity index (χ0) is 19.2. The van der Waals surface area contributed by atoms with Gasteiger partial charge in [0, 0.05) is 32.3 Å². The summed E-state index contributed by atoms with van der Waals surface area (Å²) in [5.74, 6) is 1.18. The van der Waals surface area contributed by atoms with E-state index < -0.39 is 0 Å². The molecule has 0 fully saturated rings. The van der Waals surface area contributed by atoms with Gasteiger partial charge in [0.2, 0.25) is 5.91 Å². The van der Waals surface area contributed by atoms with E-state index >= 15 is 0 Å². The van der Waals surface area contributed by atoms with Crippen LogP contribution in [0.15, 0.2) is 48.5 Å². The molecule has 0 spiro atoms. The quantitative estimate of drug-likeness (QED) is 0.826. The lowest BCUT2D eigenvalue weighted by Gasteiger charge is -2.18. The van der Waals surface area contributed by atoms with Crippen LogP contribution in [0, 0.1) is 0 Å². The van der Waals surface area contributed by atoms with Crippen LogP contribution in [0.3, 0.4) is 0 Å². The Morgan fingerprint density at radius 2 is 1.78 bits per heavy atom. The van der Waals surface area contributed by atoms with E-state index in [1.165, 1.54) is 6.08 Å². The summed E-state index contributed by atoms with van der Waals surface area (Å²) >= 11 is 0. The Hall–Kier alpha value is -3.28. The maximum atomic E-state index is 12.4. The highest BCUT2D eigenvalue weighted by molar-refractivity contribution is 5.94. The zero-order valence-corrected chi connectivity index (χ0v) is 15.4. The van der Waals surface area contributed by atoms with Crippen molar-refractivity contribution in [1.29, 1.82) is 0 Å². The fourth-order valence-electron chi connectivity index (χ4n) is 2.72. The Kier molecular flexibility index (Phi) is 5.76. The Morgan fingerprint density at radius 1 is 1.07 bits per heavy atom. The number of hydrogen-bond acceptors (Lipinski definition) is 4. The van der Waals surface area contributed by atoms with Crippen LogP contribution in [0.25, 0.3) is 6.08 Å². The average Bonchev–Trinajstić information content (AvgIpc) is 2.71. The number of carbonyl (C=O) groups excluding carboxylic acids is 2. The fourth-order valence-corrected chi connectivity index (χ4v) is 2.72. The summed E-state index contributed by atoms with van der Waals surface area (Å²) in [6, 6.07) is 12.8. The number of nitrogens with zero attached hydrogens (tertiary/aromatic N) is 1. The van der Waals surface area contributed by atoms with Gasteiger partial charge in [-0.1, -0.05) is 18.2 Å². The minimum atomic E-state index is -0.131. The van der Waals surface area contributed by atoms with E-state index in [9.17, 15) is 9.59 Å². The molecule has 3 rings (SSSR count). The van der Waals surface area contributed by atoms with Crippen molar-refractivity contribution in [3.8, 4) is 11.5 Å². The number of nitrogens with one attached hydrogen (secondary N) is 1. The number of likely N-dealkylation sites (N-methyl/N-ethyl adjacent to an activating group) is 1. The van der Waals surface area contributed by atoms with Gasteiger partial charge in [-0.3, -0.25) is 9.59 Å². The summed E-state index contributed by atoms with van der Waals surface area (Å²) < 4.78 is 11.0. The topological polar surface area (TPSA) is 67.9 Å². The van der Waals surface area contributed by atoms with Crippen molar-refractivity contribution in [1.82, 2.24) is 10.2 Å². The summed E-state index contributed by atoms with van der Waals surface area (Å²) in [5.41, 5.74) is 2.41. The lowest BCUT2D eigenvalue weighted by molar-refractivity contribution is -0.125. The molecule has 1 heterocycles. The van der Waals surface area contributed by atoms with E-state index in [4.69, 9.17) is 9.47 Å². The van der Waals surface area contributed by atoms with Crippen LogP contribution in [0.1, 0.15) is 21.5 Å². The number of benzene rings is 2. The van der Waals surface area contributed by atoms with Crippen molar-refractivity contribution < 1.29 is 19.1 Å². The molecule has 6 heteroatoms. The molecule has 0 unspecified atom stereocenters. The molecule has 27 heavy (non-hydrogen) atoms. The molecule has 0 radical (unpaired) electrons. The molecule has 140 valence electrons. The molecule has 0 atom stereocenters. The van der Waals surface area contributed by atoms with Crippen LogP contribution in [-0.4, -0.2) is 44.0 Å². The molecule has 0 saturated heterocycles. The first-order valence-corrected chi connectivity index (χ1v) is 8.70. The van der Waals surface area contributed by atoms with Crippen molar-refractivity contribution in [2.75, 3.05) is 27.3 Å². The second-order valence-corrected chi connectivity index (χ2v) is 6.21. The molecule has 1 N–H and O–H groups in total. The maximum Gasteiger partial charge on any atom is 0.251 e. The minimum Gasteiger partial charge on any atom is -0.486 e. The molecular weight excluding hydrogens is 344 g/mol. The van der Waals surface area contributed by atoms with Gasteiger partial charge in [-0.2, -0.15) is 0 Å². The standard InChI is InChI=1S/C21H22N2O4/c1-22-21(25)17-7-3-16(4-8-17)14-23(2)20(24)10-6-15-5-9-18-19(13-15)27-12-11-26-18/h3-10,13H,11-12,14H2,1-2H3,(H,22,25)/b10-6+. The predicted octanol–water partition coefficient (Wildman–Crippen LogP) is 2.49. The molecule has 0 aromatic heterocycles. The Labute approximate surface area is 158 Å². The summed E-state index contributed by atoms with van der Waals surface area (Å²) in [7, 11) is 3.33. The Balaban J connectivity index is 1.60. The monoisotopic (exact) mass is 366 g/mol. The van der Waals surface area contributed by atoms with Crippen LogP contribution in [0.4, 0.5) is 0 Å². The molecule has 6 nitrogen and oxygen atoms in total. The highest BCUT2D eigenvalue weighted by atomic mass is 16.6. The molecule has 0 aliphatic carbocycles. The van der Waals surface area contributed by atoms with Gasteiger partial charge >= 0.3 is 0 Å². The van der Waals surface area contributed by atoms with Crippen LogP contribution >= 0.6 is 0 Å². The fraction of sp³-hybridized carbons (Fsp3) is 0.238. The third-order valence-electron chi connectivity index (χ3n) is 4.22. The van der Waals surface area contributed by atoms with E-state index in [1.54, 1.807) is 37.2 Å². The van der Waals surface area contributed by atoms with Crippen molar-refractivity contribution in [2.45, 2.75) is 6.54 Å². The number of amides is 2. The van der Waals surface area contributed by atoms with Crippen molar-refractivity contribution in [3.05, 3.63) is 65.2 Å². The van der Waals surface area contributed by atoms with Gasteiger partial charge in [-0.15, -0.1) is 0 Å². The van der Waals surface area contributed by atoms with E-state index in [-0.39, 0.29) is 11.8 Å². The molecule has 2 aromatic carbocycles. The van der Waals surface area contributed by atoms with E-state index in [2.05, 4.69) is 5.32 Å². The maximum absolute atomic E-state index is 12.4. The van der Waals surface area contributed by atoms with Crippen LogP contribution in [0.2, 0.25) is 0 Å². The zero-order valence-electron chi connectivity index (χ0n) is 15.4. The van der Waals surface area contributed by atoms with Crippen LogP contribution in [0.5, 0.6) is 11.5 Å². The van der Waals surface area contributed by atoms with Crippen molar-refractivity contribution >= 4 is 17.9 Å². The van der Waals surface area contributed by atoms with Gasteiger partial charge in [-0.05, 0) is 41.5 Å². The molecule has 2 aromatic rings. The second-order valence-electron chi connectivity index (χ2n) is 6.21. The molecule has 1 aliphatic rings. The van der Waals surface area contributed by atoms with Crippen molar-refractivity contribution in [3.63, 3.8) is 0 Å². The minimum absolute atomic E-state index is 0.111. The normalized spacial score (nSPS) is 12.7. The highest BCUT2D eigenvalue weighted by Crippen LogP contribution is 2.31. The average molecular weight is 366 g/mol. The van der Waals surface area contributed by atoms with Gasteiger partial charge in [0.05, 0.1) is 0 Å². The first-order chi connectivity index (χ1) is 13.1. The summed E-state index contributed by atoms with van der Waals surface area (Å²) in [6.45, 7) is 1.54. The smallest absolute Gasteiger partial charge is 0.251 e. The van der Waals surface area contributed by atoms with Crippen molar-refractivity contribution in [2.24, 2.45) is 0 Å². The molecule has 0 saturated carbocycles. The molecule has 2 amide bonds. The van der Waals surface area contributed by atoms with Gasteiger partial charge in [0.15, 0.2) is 11.5 Å². The second kappa shape index (κ2) is 8.40. The van der Waals surface area contributed by atoms with Gasteiger partial charge in [0.25, 0.3) is 5.91 Å². The third-order valence-corrected chi connectivity index (χ3v) is 4.22. The summed E-state index contributed by atoms with van der Waals surface area (Å²) in [5, 5.41) is 2.58. The third kappa shape index (κ3) is 4.67. The van der Waals surface area contributed by atoms with E-state index in [1.807, 2.05) is 30.3 Å². The SMILES string of the molecule is CNC(=O)c1ccc(CN(C)C(=O)/C=C/c2ccc3c(c2)OCCO3)cc1. The molecule has 1 aliphatic heterocycles. The van der Waals surface area contributed by atoms with Gasteiger partial charge in [0.1, 0.15) is 13.2 Å². The van der Waals surface area contributed by atoms with Gasteiger partial charge in [-0.25, -0.2) is 0 Å². The summed E-state index contributed by atoms with van der Waals surface area (Å²) in [6.07, 6.45) is 3.29. The van der Waals surface area contributed by atoms with Crippen LogP contribution in [-0.2, 0) is 11.3 Å². The summed E-state index contributed by atoms with van der Waals surface area (Å²) in [4.78, 5) is 25.5. The van der Waals surface area contributed by atoms with Gasteiger partial charge < -0.3 is 19.7 Å². The molecule has 0 bridgehead atoms. The van der Waals surface area contributed by atoms with E-state index in [0.717, 1.165) is 16.9 Å². The Morgan fingerprint density at radius 3 is 2.48 bits per heavy atom. The number of rotatable bonds is 5. The number of fused-ring (bicyclic) bond motifs is 1. The first-order valence-electron chi connectivity index (χ1n) is 8.70. The lowest BCUT2D eigenvalue weighted by Crippen LogP contribution is -2.24. The largest absolute Gasteiger partial charge is 0.486 e. The van der Waals surface area contributed by atoms with Crippen LogP contribution < -0.4 is 14.8 Å². The first kappa shape index (κ1) is 18.5. The van der Waals surface area contributed by atoms with E-state index in [0.29, 0.717) is 31.1 Å².